The van der Waals surface area contributed by atoms with Crippen molar-refractivity contribution >= 4 is 90.5 Å². The van der Waals surface area contributed by atoms with Crippen LogP contribution in [0.5, 0.6) is 0 Å². The van der Waals surface area contributed by atoms with Gasteiger partial charge in [-0.05, 0) is 0 Å². The Morgan fingerprint density at radius 3 is 0.921 bits per heavy atom. The molecule has 0 fully saturated rings. The van der Waals surface area contributed by atoms with Crippen LogP contribution in [0.4, 0.5) is 0 Å². The molecule has 0 bridgehead atoms. The van der Waals surface area contributed by atoms with Gasteiger partial charge < -0.3 is 0 Å². The number of halogens is 2. The van der Waals surface area contributed by atoms with Crippen molar-refractivity contribution in [2.45, 2.75) is 321 Å². The molecule has 2 heterocycles. The van der Waals surface area contributed by atoms with E-state index in [0.717, 1.165) is 9.99 Å². The van der Waals surface area contributed by atoms with Crippen molar-refractivity contribution in [3.05, 3.63) is 54.6 Å². The van der Waals surface area contributed by atoms with Crippen LogP contribution in [0.15, 0.2) is 28.7 Å². The molecule has 7 rings (SSSR count). The number of aromatic nitrogens is 4. The standard InChI is InChI=1S/C68H104BrIN4Se2/c1-5-9-13-17-21-25-29-33-37-41-45-67(46-42-38-34-30-26-22-18-14-10-6-2)55-50-54-56(49-53(55)61-57(67)51-59(69)63-65(61)73-75-71-63)68(47-43-39-35-31-27-23-19-15-11-7-3,48-44-40-36-32-28-24-20-16-12-8-4)58-52-60(70)64-66(62(54)58)74-76-72-64/h49-52H,5-48H2,1-4H3. The van der Waals surface area contributed by atoms with Gasteiger partial charge in [0.2, 0.25) is 0 Å². The average molecular weight is 1340 g/mol. The minimum atomic E-state index is -0.107. The van der Waals surface area contributed by atoms with Crippen molar-refractivity contribution in [2.24, 2.45) is 0 Å². The van der Waals surface area contributed by atoms with E-state index in [0.29, 0.717) is 0 Å². The van der Waals surface area contributed by atoms with Gasteiger partial charge in [-0.1, -0.05) is 130 Å². The van der Waals surface area contributed by atoms with Crippen LogP contribution >= 0.6 is 38.5 Å². The van der Waals surface area contributed by atoms with E-state index in [9.17, 15) is 0 Å². The third-order valence-corrected chi connectivity index (χ3v) is 22.2. The number of nitrogens with zero attached hydrogens (tertiary/aromatic N) is 4. The van der Waals surface area contributed by atoms with Gasteiger partial charge in [-0.15, -0.1) is 0 Å². The Morgan fingerprint density at radius 2 is 0.592 bits per heavy atom. The number of unbranched alkanes of at least 4 members (excludes halogenated alkanes) is 36. The van der Waals surface area contributed by atoms with Gasteiger partial charge in [0.25, 0.3) is 0 Å². The van der Waals surface area contributed by atoms with Gasteiger partial charge in [0, 0.05) is 0 Å². The summed E-state index contributed by atoms with van der Waals surface area (Å²) in [5.41, 5.74) is 16.9. The molecule has 0 aliphatic heterocycles. The summed E-state index contributed by atoms with van der Waals surface area (Å²) in [4.78, 5) is 0. The third-order valence-electron chi connectivity index (χ3n) is 18.6. The second kappa shape index (κ2) is 34.5. The van der Waals surface area contributed by atoms with E-state index in [1.165, 1.54) is 325 Å². The van der Waals surface area contributed by atoms with Crippen molar-refractivity contribution < 1.29 is 0 Å². The van der Waals surface area contributed by atoms with Gasteiger partial charge in [-0.3, -0.25) is 0 Å². The molecule has 2 aliphatic carbocycles. The molecule has 4 nitrogen and oxygen atoms in total. The Bertz CT molecular complexity index is 2220. The number of hydrogen-bond donors (Lipinski definition) is 0. The Morgan fingerprint density at radius 1 is 0.329 bits per heavy atom. The SMILES string of the molecule is CCCCCCCCCCCCC1(CCCCCCCCCCCC)c2cc3c(cc2-c2c1cc(Br)c1n[se]nc21)C(CCCCCCCCCCCC)(CCCCCCCCCCCC)c1cc(I)c2n[se]nc2c1-3. The molecule has 0 atom stereocenters. The van der Waals surface area contributed by atoms with Crippen LogP contribution in [0.1, 0.15) is 332 Å². The third kappa shape index (κ3) is 16.6. The summed E-state index contributed by atoms with van der Waals surface area (Å²) >= 11 is 6.61. The predicted molar refractivity (Wildman–Crippen MR) is 345 cm³/mol. The molecule has 0 radical (unpaired) electrons. The fourth-order valence-electron chi connectivity index (χ4n) is 14.2. The van der Waals surface area contributed by atoms with E-state index in [4.69, 9.17) is 15.9 Å². The van der Waals surface area contributed by atoms with Crippen LogP contribution in [0.2, 0.25) is 0 Å². The van der Waals surface area contributed by atoms with Crippen molar-refractivity contribution in [2.75, 3.05) is 0 Å². The van der Waals surface area contributed by atoms with Gasteiger partial charge >= 0.3 is 374 Å². The van der Waals surface area contributed by atoms with Crippen LogP contribution in [0.25, 0.3) is 44.3 Å². The molecule has 3 aromatic carbocycles. The van der Waals surface area contributed by atoms with E-state index in [2.05, 4.69) is 90.5 Å². The maximum atomic E-state index is 5.41. The van der Waals surface area contributed by atoms with E-state index >= 15 is 0 Å². The summed E-state index contributed by atoms with van der Waals surface area (Å²) < 4.78 is 23.6. The van der Waals surface area contributed by atoms with E-state index in [1.54, 1.807) is 22.3 Å². The van der Waals surface area contributed by atoms with Crippen molar-refractivity contribution in [3.63, 3.8) is 0 Å². The van der Waals surface area contributed by atoms with E-state index in [1.807, 2.05) is 0 Å². The second-order valence-electron chi connectivity index (χ2n) is 24.3. The molecule has 76 heavy (non-hydrogen) atoms. The summed E-state index contributed by atoms with van der Waals surface area (Å²) in [5, 5.41) is 0. The fraction of sp³-hybridized carbons (Fsp3) is 0.735. The zero-order valence-electron chi connectivity index (χ0n) is 48.8. The summed E-state index contributed by atoms with van der Waals surface area (Å²) in [6, 6.07) is 10.8. The zero-order chi connectivity index (χ0) is 53.3. The topological polar surface area (TPSA) is 51.6 Å². The number of fused-ring (bicyclic) bond motifs is 10. The molecular weight excluding hydrogens is 1240 g/mol. The van der Waals surface area contributed by atoms with E-state index in [-0.39, 0.29) is 40.8 Å². The van der Waals surface area contributed by atoms with Crippen molar-refractivity contribution in [1.29, 1.82) is 0 Å². The number of hydrogen-bond acceptors (Lipinski definition) is 4. The van der Waals surface area contributed by atoms with Gasteiger partial charge in [0.15, 0.2) is 0 Å². The Hall–Kier alpha value is -0.891. The normalized spacial score (nSPS) is 14.1. The van der Waals surface area contributed by atoms with Crippen molar-refractivity contribution in [1.82, 2.24) is 15.9 Å². The van der Waals surface area contributed by atoms with Crippen LogP contribution in [0, 0.1) is 3.57 Å². The van der Waals surface area contributed by atoms with Crippen molar-refractivity contribution in [3.8, 4) is 22.3 Å². The molecule has 5 aromatic rings. The quantitative estimate of drug-likeness (QED) is 0.0222. The number of rotatable bonds is 44. The summed E-state index contributed by atoms with van der Waals surface area (Å²) in [7, 11) is 0. The first-order chi connectivity index (χ1) is 37.5. The first kappa shape index (κ1) is 62.7. The minimum absolute atomic E-state index is 0.0253. The van der Waals surface area contributed by atoms with Crippen LogP contribution in [-0.2, 0) is 10.8 Å². The van der Waals surface area contributed by atoms with E-state index < -0.39 is 0 Å². The molecule has 8 heteroatoms. The molecule has 2 aliphatic rings. The monoisotopic (exact) mass is 1340 g/mol. The van der Waals surface area contributed by atoms with Crippen LogP contribution in [-0.4, -0.2) is 45.8 Å². The number of benzene rings is 3. The molecule has 2 aromatic heterocycles. The molecule has 0 spiro atoms. The average Bonchev–Trinajstić information content (AvgIpc) is 4.38. The Kier molecular flexibility index (Phi) is 28.5. The van der Waals surface area contributed by atoms with Crippen LogP contribution in [0.3, 0.4) is 0 Å². The molecule has 0 amide bonds. The molecule has 0 saturated heterocycles. The molecule has 0 N–H and O–H groups in total. The van der Waals surface area contributed by atoms with Gasteiger partial charge in [-0.2, -0.15) is 0 Å². The summed E-state index contributed by atoms with van der Waals surface area (Å²) in [6.45, 7) is 9.33. The molecule has 422 valence electrons. The Labute approximate surface area is 500 Å². The second-order valence-corrected chi connectivity index (χ2v) is 28.6. The summed E-state index contributed by atoms with van der Waals surface area (Å²) in [6.07, 6.45) is 59.9. The fourth-order valence-corrected chi connectivity index (χ4v) is 18.4. The maximum absolute atomic E-state index is 5.41. The molecule has 0 unspecified atom stereocenters. The van der Waals surface area contributed by atoms with Gasteiger partial charge in [-0.25, -0.2) is 0 Å². The molecule has 0 saturated carbocycles. The molecular formula is C68H104BrIN4Se2. The first-order valence-electron chi connectivity index (χ1n) is 32.6. The van der Waals surface area contributed by atoms with Gasteiger partial charge in [0.05, 0.1) is 0 Å². The zero-order valence-corrected chi connectivity index (χ0v) is 56.0. The summed E-state index contributed by atoms with van der Waals surface area (Å²) in [5.74, 6) is 0. The Balaban J connectivity index is 1.25. The van der Waals surface area contributed by atoms with Gasteiger partial charge in [0.1, 0.15) is 0 Å². The van der Waals surface area contributed by atoms with Crippen LogP contribution < -0.4 is 0 Å². The first-order valence-corrected chi connectivity index (χ1v) is 37.5. The predicted octanol–water partition coefficient (Wildman–Crippen LogP) is 22.8.